The summed E-state index contributed by atoms with van der Waals surface area (Å²) in [5.74, 6) is 0.696. The lowest BCUT2D eigenvalue weighted by atomic mass is 9.81. The van der Waals surface area contributed by atoms with E-state index in [0.29, 0.717) is 5.82 Å². The van der Waals surface area contributed by atoms with Crippen LogP contribution in [0.2, 0.25) is 0 Å². The Kier molecular flexibility index (Phi) is 6.16. The molecule has 0 saturated heterocycles. The van der Waals surface area contributed by atoms with Crippen molar-refractivity contribution in [2.45, 2.75) is 19.3 Å². The highest BCUT2D eigenvalue weighted by molar-refractivity contribution is 6.11. The van der Waals surface area contributed by atoms with E-state index in [9.17, 15) is 0 Å². The Morgan fingerprint density at radius 2 is 1.15 bits per heavy atom. The molecule has 0 aliphatic heterocycles. The molecule has 0 N–H and O–H groups in total. The fraction of sp³-hybridized carbons (Fsp3) is 0.0682. The summed E-state index contributed by atoms with van der Waals surface area (Å²) in [6, 6.07) is 49.8. The van der Waals surface area contributed by atoms with Crippen LogP contribution in [0.5, 0.6) is 0 Å². The summed E-state index contributed by atoms with van der Waals surface area (Å²) in [5, 5.41) is 4.96. The standard InChI is InChI=1S/C44H31N3/c1-44(2)39-16-7-6-15-35(39)38-25-37-31(24-40(38)44)19-17-28-18-20-32(23-36(28)37)42-26-41(29-10-4-3-5-11-29)46-43(47-42)33-13-8-12-30(22-33)34-14-9-21-45-27-34/h3-27H,1-2H3. The highest BCUT2D eigenvalue weighted by atomic mass is 14.9. The predicted molar refractivity (Wildman–Crippen MR) is 194 cm³/mol. The van der Waals surface area contributed by atoms with Gasteiger partial charge in [0.1, 0.15) is 0 Å². The Bertz CT molecular complexity index is 2480. The predicted octanol–water partition coefficient (Wildman–Crippen LogP) is 11.2. The average Bonchev–Trinajstić information content (AvgIpc) is 3.36. The molecule has 2 aromatic heterocycles. The van der Waals surface area contributed by atoms with Crippen molar-refractivity contribution in [1.29, 1.82) is 0 Å². The molecule has 222 valence electrons. The van der Waals surface area contributed by atoms with Crippen LogP contribution in [0.3, 0.4) is 0 Å². The molecule has 0 spiro atoms. The van der Waals surface area contributed by atoms with E-state index in [0.717, 1.165) is 39.2 Å². The first-order chi connectivity index (χ1) is 23.0. The van der Waals surface area contributed by atoms with Gasteiger partial charge in [0, 0.05) is 40.1 Å². The third-order valence-electron chi connectivity index (χ3n) is 9.75. The molecule has 0 amide bonds. The van der Waals surface area contributed by atoms with E-state index < -0.39 is 0 Å². The van der Waals surface area contributed by atoms with Crippen molar-refractivity contribution in [2.24, 2.45) is 0 Å². The van der Waals surface area contributed by atoms with Crippen LogP contribution in [0.1, 0.15) is 25.0 Å². The smallest absolute Gasteiger partial charge is 0.160 e. The molecule has 6 aromatic carbocycles. The van der Waals surface area contributed by atoms with Gasteiger partial charge in [0.15, 0.2) is 5.82 Å². The first-order valence-corrected chi connectivity index (χ1v) is 16.1. The summed E-state index contributed by atoms with van der Waals surface area (Å²) < 4.78 is 0. The lowest BCUT2D eigenvalue weighted by Gasteiger charge is -2.21. The van der Waals surface area contributed by atoms with Gasteiger partial charge in [0.25, 0.3) is 0 Å². The summed E-state index contributed by atoms with van der Waals surface area (Å²) >= 11 is 0. The van der Waals surface area contributed by atoms with Gasteiger partial charge in [-0.3, -0.25) is 4.98 Å². The van der Waals surface area contributed by atoms with Crippen LogP contribution in [0.15, 0.2) is 152 Å². The average molecular weight is 602 g/mol. The number of benzene rings is 6. The quantitative estimate of drug-likeness (QED) is 0.188. The Balaban J connectivity index is 1.23. The van der Waals surface area contributed by atoms with E-state index in [-0.39, 0.29) is 5.41 Å². The van der Waals surface area contributed by atoms with Crippen molar-refractivity contribution in [3.8, 4) is 56.2 Å². The van der Waals surface area contributed by atoms with E-state index in [1.165, 1.54) is 43.8 Å². The van der Waals surface area contributed by atoms with Crippen molar-refractivity contribution < 1.29 is 0 Å². The van der Waals surface area contributed by atoms with Gasteiger partial charge in [0.2, 0.25) is 0 Å². The SMILES string of the molecule is CC1(C)c2ccccc2-c2cc3c(ccc4ccc(-c5cc(-c6ccccc6)nc(-c6cccc(-c7cccnc7)c6)n5)cc43)cc21. The zero-order valence-corrected chi connectivity index (χ0v) is 26.3. The molecule has 1 aliphatic carbocycles. The second-order valence-electron chi connectivity index (χ2n) is 12.9. The summed E-state index contributed by atoms with van der Waals surface area (Å²) in [6.45, 7) is 4.68. The molecule has 47 heavy (non-hydrogen) atoms. The lowest BCUT2D eigenvalue weighted by Crippen LogP contribution is -2.14. The highest BCUT2D eigenvalue weighted by Gasteiger charge is 2.35. The molecule has 0 bridgehead atoms. The molecule has 3 nitrogen and oxygen atoms in total. The first-order valence-electron chi connectivity index (χ1n) is 16.1. The van der Waals surface area contributed by atoms with Gasteiger partial charge in [-0.15, -0.1) is 0 Å². The van der Waals surface area contributed by atoms with Crippen molar-refractivity contribution >= 4 is 21.5 Å². The third kappa shape index (κ3) is 4.54. The molecule has 1 aliphatic rings. The maximum atomic E-state index is 5.20. The Hall–Kier alpha value is -5.93. The number of pyridine rings is 1. The number of nitrogens with zero attached hydrogens (tertiary/aromatic N) is 3. The van der Waals surface area contributed by atoms with Gasteiger partial charge in [-0.25, -0.2) is 9.97 Å². The first kappa shape index (κ1) is 27.4. The number of rotatable bonds is 4. The molecule has 0 fully saturated rings. The van der Waals surface area contributed by atoms with Crippen LogP contribution < -0.4 is 0 Å². The third-order valence-corrected chi connectivity index (χ3v) is 9.75. The Labute approximate surface area is 274 Å². The summed E-state index contributed by atoms with van der Waals surface area (Å²) in [5.41, 5.74) is 12.5. The molecule has 0 unspecified atom stereocenters. The fourth-order valence-electron chi connectivity index (χ4n) is 7.26. The molecule has 8 aromatic rings. The molecular formula is C44H31N3. The summed E-state index contributed by atoms with van der Waals surface area (Å²) in [6.07, 6.45) is 3.69. The van der Waals surface area contributed by atoms with Crippen molar-refractivity contribution in [2.75, 3.05) is 0 Å². The lowest BCUT2D eigenvalue weighted by molar-refractivity contribution is 0.661. The van der Waals surface area contributed by atoms with Crippen LogP contribution in [0.4, 0.5) is 0 Å². The molecule has 2 heterocycles. The minimum absolute atomic E-state index is 0.0313. The summed E-state index contributed by atoms with van der Waals surface area (Å²) in [4.78, 5) is 14.6. The normalized spacial score (nSPS) is 13.1. The minimum atomic E-state index is -0.0313. The van der Waals surface area contributed by atoms with Crippen molar-refractivity contribution in [1.82, 2.24) is 15.0 Å². The molecule has 9 rings (SSSR count). The van der Waals surface area contributed by atoms with Crippen LogP contribution in [0.25, 0.3) is 77.7 Å². The summed E-state index contributed by atoms with van der Waals surface area (Å²) in [7, 11) is 0. The van der Waals surface area contributed by atoms with E-state index >= 15 is 0 Å². The number of aromatic nitrogens is 3. The minimum Gasteiger partial charge on any atom is -0.264 e. The Morgan fingerprint density at radius 3 is 2.00 bits per heavy atom. The van der Waals surface area contributed by atoms with E-state index in [4.69, 9.17) is 9.97 Å². The second-order valence-corrected chi connectivity index (χ2v) is 12.9. The highest BCUT2D eigenvalue weighted by Crippen LogP contribution is 2.50. The van der Waals surface area contributed by atoms with Gasteiger partial charge in [-0.2, -0.15) is 0 Å². The van der Waals surface area contributed by atoms with Gasteiger partial charge in [-0.1, -0.05) is 117 Å². The topological polar surface area (TPSA) is 38.7 Å². The molecule has 0 saturated carbocycles. The fourth-order valence-corrected chi connectivity index (χ4v) is 7.26. The van der Waals surface area contributed by atoms with Crippen molar-refractivity contribution in [3.63, 3.8) is 0 Å². The number of hydrogen-bond donors (Lipinski definition) is 0. The number of fused-ring (bicyclic) bond motifs is 6. The van der Waals surface area contributed by atoms with Crippen LogP contribution >= 0.6 is 0 Å². The molecule has 3 heteroatoms. The van der Waals surface area contributed by atoms with E-state index in [1.807, 2.05) is 18.3 Å². The van der Waals surface area contributed by atoms with Gasteiger partial charge in [-0.05, 0) is 85.8 Å². The number of hydrogen-bond acceptors (Lipinski definition) is 3. The Morgan fingerprint density at radius 1 is 0.447 bits per heavy atom. The molecule has 0 radical (unpaired) electrons. The molecular weight excluding hydrogens is 571 g/mol. The van der Waals surface area contributed by atoms with Gasteiger partial charge < -0.3 is 0 Å². The van der Waals surface area contributed by atoms with E-state index in [1.54, 1.807) is 6.20 Å². The monoisotopic (exact) mass is 601 g/mol. The maximum absolute atomic E-state index is 5.20. The zero-order valence-electron chi connectivity index (χ0n) is 26.3. The largest absolute Gasteiger partial charge is 0.264 e. The molecule has 0 atom stereocenters. The second kappa shape index (κ2) is 10.6. The van der Waals surface area contributed by atoms with Crippen molar-refractivity contribution in [3.05, 3.63) is 163 Å². The van der Waals surface area contributed by atoms with Crippen LogP contribution in [-0.4, -0.2) is 15.0 Å². The zero-order chi connectivity index (χ0) is 31.5. The van der Waals surface area contributed by atoms with Crippen LogP contribution in [-0.2, 0) is 5.41 Å². The van der Waals surface area contributed by atoms with Gasteiger partial charge >= 0.3 is 0 Å². The van der Waals surface area contributed by atoms with E-state index in [2.05, 4.69) is 146 Å². The maximum Gasteiger partial charge on any atom is 0.160 e. The van der Waals surface area contributed by atoms with Gasteiger partial charge in [0.05, 0.1) is 11.4 Å². The van der Waals surface area contributed by atoms with Crippen LogP contribution in [0, 0.1) is 0 Å².